The van der Waals surface area contributed by atoms with E-state index in [0.29, 0.717) is 11.7 Å². The van der Waals surface area contributed by atoms with E-state index in [-0.39, 0.29) is 0 Å². The summed E-state index contributed by atoms with van der Waals surface area (Å²) in [5.74, 6) is 0.917. The van der Waals surface area contributed by atoms with Crippen LogP contribution in [0.5, 0.6) is 5.75 Å². The maximum absolute atomic E-state index is 5.69. The van der Waals surface area contributed by atoms with Gasteiger partial charge < -0.3 is 15.4 Å². The maximum atomic E-state index is 5.69. The van der Waals surface area contributed by atoms with Crippen LogP contribution >= 0.6 is 11.3 Å². The Hall–Kier alpha value is -2.01. The molecule has 5 heteroatoms. The third kappa shape index (κ3) is 2.29. The highest BCUT2D eigenvalue weighted by atomic mass is 32.1. The SMILES string of the molecule is C=CCN1CCOc2ccc(-c3csc(N)n3)cc21. The lowest BCUT2D eigenvalue weighted by atomic mass is 10.1. The summed E-state index contributed by atoms with van der Waals surface area (Å²) in [5.41, 5.74) is 8.75. The molecule has 0 saturated heterocycles. The molecule has 2 aromatic rings. The number of benzene rings is 1. The number of ether oxygens (including phenoxy) is 1. The van der Waals surface area contributed by atoms with Crippen molar-refractivity contribution in [2.75, 3.05) is 30.3 Å². The second kappa shape index (κ2) is 4.93. The van der Waals surface area contributed by atoms with E-state index >= 15 is 0 Å². The molecule has 1 aromatic carbocycles. The van der Waals surface area contributed by atoms with Crippen LogP contribution in [0.4, 0.5) is 10.8 Å². The lowest BCUT2D eigenvalue weighted by Crippen LogP contribution is -2.32. The van der Waals surface area contributed by atoms with E-state index in [9.17, 15) is 0 Å². The summed E-state index contributed by atoms with van der Waals surface area (Å²) in [6.07, 6.45) is 1.91. The maximum Gasteiger partial charge on any atom is 0.180 e. The van der Waals surface area contributed by atoms with Crippen molar-refractivity contribution in [3.63, 3.8) is 0 Å². The lowest BCUT2D eigenvalue weighted by Gasteiger charge is -2.30. The van der Waals surface area contributed by atoms with Crippen molar-refractivity contribution in [2.45, 2.75) is 0 Å². The molecule has 1 aromatic heterocycles. The Morgan fingerprint density at radius 1 is 1.53 bits per heavy atom. The number of nitrogens with two attached hydrogens (primary N) is 1. The van der Waals surface area contributed by atoms with Gasteiger partial charge in [0.05, 0.1) is 17.9 Å². The summed E-state index contributed by atoms with van der Waals surface area (Å²) in [6.45, 7) is 6.21. The third-order valence-corrected chi connectivity index (χ3v) is 3.76. The standard InChI is InChI=1S/C14H15N3OS/c1-2-5-17-6-7-18-13-4-3-10(8-12(13)17)11-9-19-14(15)16-11/h2-4,8-9H,1,5-7H2,(H2,15,16). The minimum atomic E-state index is 0.590. The molecule has 2 N–H and O–H groups in total. The molecule has 0 amide bonds. The molecule has 0 bridgehead atoms. The summed E-state index contributed by atoms with van der Waals surface area (Å²) < 4.78 is 5.68. The zero-order valence-corrected chi connectivity index (χ0v) is 11.3. The molecule has 3 rings (SSSR count). The molecule has 0 atom stereocenters. The number of nitrogens with zero attached hydrogens (tertiary/aromatic N) is 2. The van der Waals surface area contributed by atoms with Gasteiger partial charge in [0.2, 0.25) is 0 Å². The van der Waals surface area contributed by atoms with Crippen LogP contribution in [0.3, 0.4) is 0 Å². The van der Waals surface area contributed by atoms with Crippen molar-refractivity contribution >= 4 is 22.2 Å². The van der Waals surface area contributed by atoms with Gasteiger partial charge in [-0.2, -0.15) is 0 Å². The molecular formula is C14H15N3OS. The highest BCUT2D eigenvalue weighted by molar-refractivity contribution is 7.13. The minimum absolute atomic E-state index is 0.590. The van der Waals surface area contributed by atoms with Crippen LogP contribution in [-0.4, -0.2) is 24.7 Å². The number of hydrogen-bond donors (Lipinski definition) is 1. The van der Waals surface area contributed by atoms with Crippen LogP contribution in [-0.2, 0) is 0 Å². The predicted molar refractivity (Wildman–Crippen MR) is 79.9 cm³/mol. The van der Waals surface area contributed by atoms with Gasteiger partial charge in [-0.25, -0.2) is 4.98 Å². The van der Waals surface area contributed by atoms with Gasteiger partial charge in [0.15, 0.2) is 5.13 Å². The third-order valence-electron chi connectivity index (χ3n) is 3.09. The molecular weight excluding hydrogens is 258 g/mol. The Bertz CT molecular complexity index is 608. The van der Waals surface area contributed by atoms with Crippen LogP contribution in [0.1, 0.15) is 0 Å². The molecule has 4 nitrogen and oxygen atoms in total. The fourth-order valence-electron chi connectivity index (χ4n) is 2.20. The van der Waals surface area contributed by atoms with Crippen LogP contribution in [0.2, 0.25) is 0 Å². The topological polar surface area (TPSA) is 51.4 Å². The molecule has 0 fully saturated rings. The second-order valence-electron chi connectivity index (χ2n) is 4.34. The van der Waals surface area contributed by atoms with Crippen molar-refractivity contribution < 1.29 is 4.74 Å². The van der Waals surface area contributed by atoms with Crippen molar-refractivity contribution in [1.82, 2.24) is 4.98 Å². The first kappa shape index (κ1) is 12.0. The smallest absolute Gasteiger partial charge is 0.180 e. The van der Waals surface area contributed by atoms with Crippen LogP contribution in [0.25, 0.3) is 11.3 Å². The monoisotopic (exact) mass is 273 g/mol. The van der Waals surface area contributed by atoms with Gasteiger partial charge in [-0.15, -0.1) is 17.9 Å². The molecule has 0 aliphatic carbocycles. The number of fused-ring (bicyclic) bond motifs is 1. The first-order chi connectivity index (χ1) is 9.28. The van der Waals surface area contributed by atoms with E-state index in [1.165, 1.54) is 11.3 Å². The van der Waals surface area contributed by atoms with E-state index in [4.69, 9.17) is 10.5 Å². The number of hydrogen-bond acceptors (Lipinski definition) is 5. The van der Waals surface area contributed by atoms with Gasteiger partial charge in [-0.1, -0.05) is 6.08 Å². The van der Waals surface area contributed by atoms with Crippen molar-refractivity contribution in [2.24, 2.45) is 0 Å². The lowest BCUT2D eigenvalue weighted by molar-refractivity contribution is 0.309. The number of thiazole rings is 1. The highest BCUT2D eigenvalue weighted by Gasteiger charge is 2.18. The van der Waals surface area contributed by atoms with Gasteiger partial charge in [-0.05, 0) is 18.2 Å². The summed E-state index contributed by atoms with van der Waals surface area (Å²) in [7, 11) is 0. The highest BCUT2D eigenvalue weighted by Crippen LogP contribution is 2.36. The molecule has 0 saturated carbocycles. The van der Waals surface area contributed by atoms with Crippen LogP contribution in [0.15, 0.2) is 36.2 Å². The first-order valence-corrected chi connectivity index (χ1v) is 7.00. The Morgan fingerprint density at radius 3 is 3.16 bits per heavy atom. The van der Waals surface area contributed by atoms with E-state index in [1.807, 2.05) is 23.6 Å². The molecule has 19 heavy (non-hydrogen) atoms. The molecule has 0 radical (unpaired) electrons. The van der Waals surface area contributed by atoms with Gasteiger partial charge in [0.25, 0.3) is 0 Å². The largest absolute Gasteiger partial charge is 0.490 e. The zero-order chi connectivity index (χ0) is 13.2. The van der Waals surface area contributed by atoms with Gasteiger partial charge in [0.1, 0.15) is 12.4 Å². The molecule has 1 aliphatic heterocycles. The predicted octanol–water partition coefficient (Wildman–Crippen LogP) is 2.78. The van der Waals surface area contributed by atoms with Crippen LogP contribution in [0, 0.1) is 0 Å². The second-order valence-corrected chi connectivity index (χ2v) is 5.23. The van der Waals surface area contributed by atoms with Crippen LogP contribution < -0.4 is 15.4 Å². The number of anilines is 2. The Kier molecular flexibility index (Phi) is 3.13. The summed E-state index contributed by atoms with van der Waals surface area (Å²) >= 11 is 1.45. The van der Waals surface area contributed by atoms with E-state index in [0.717, 1.165) is 35.8 Å². The summed E-state index contributed by atoms with van der Waals surface area (Å²) in [5, 5.41) is 2.56. The molecule has 0 unspecified atom stereocenters. The fourth-order valence-corrected chi connectivity index (χ4v) is 2.77. The fraction of sp³-hybridized carbons (Fsp3) is 0.214. The number of rotatable bonds is 3. The normalized spacial score (nSPS) is 13.8. The first-order valence-electron chi connectivity index (χ1n) is 6.12. The number of aromatic nitrogens is 1. The Labute approximate surface area is 116 Å². The number of nitrogen functional groups attached to an aromatic ring is 1. The average Bonchev–Trinajstić information content (AvgIpc) is 2.86. The minimum Gasteiger partial charge on any atom is -0.490 e. The summed E-state index contributed by atoms with van der Waals surface area (Å²) in [6, 6.07) is 6.12. The zero-order valence-electron chi connectivity index (χ0n) is 10.5. The van der Waals surface area contributed by atoms with Gasteiger partial charge >= 0.3 is 0 Å². The Morgan fingerprint density at radius 2 is 2.42 bits per heavy atom. The summed E-state index contributed by atoms with van der Waals surface area (Å²) in [4.78, 5) is 6.57. The van der Waals surface area contributed by atoms with E-state index < -0.39 is 0 Å². The van der Waals surface area contributed by atoms with Crippen molar-refractivity contribution in [3.05, 3.63) is 36.2 Å². The molecule has 2 heterocycles. The van der Waals surface area contributed by atoms with E-state index in [2.05, 4.69) is 22.5 Å². The molecule has 98 valence electrons. The van der Waals surface area contributed by atoms with Gasteiger partial charge in [-0.3, -0.25) is 0 Å². The van der Waals surface area contributed by atoms with E-state index in [1.54, 1.807) is 0 Å². The molecule has 0 spiro atoms. The van der Waals surface area contributed by atoms with Crippen molar-refractivity contribution in [3.8, 4) is 17.0 Å². The van der Waals surface area contributed by atoms with Gasteiger partial charge in [0, 0.05) is 17.5 Å². The average molecular weight is 273 g/mol. The quantitative estimate of drug-likeness (QED) is 0.874. The van der Waals surface area contributed by atoms with Crippen molar-refractivity contribution in [1.29, 1.82) is 0 Å². The molecule has 1 aliphatic rings. The Balaban J connectivity index is 2.01.